The number of halogens is 1. The Kier molecular flexibility index (Phi) is 8.37. The van der Waals surface area contributed by atoms with E-state index in [1.54, 1.807) is 23.1 Å². The zero-order chi connectivity index (χ0) is 17.5. The van der Waals surface area contributed by atoms with Crippen molar-refractivity contribution >= 4 is 30.1 Å². The Hall–Kier alpha value is -2.12. The number of amides is 3. The fourth-order valence-electron chi connectivity index (χ4n) is 2.90. The van der Waals surface area contributed by atoms with Crippen LogP contribution in [-0.2, 0) is 4.79 Å². The monoisotopic (exact) mass is 368 g/mol. The van der Waals surface area contributed by atoms with Gasteiger partial charge in [0.05, 0.1) is 0 Å². The van der Waals surface area contributed by atoms with Gasteiger partial charge in [0.25, 0.3) is 5.91 Å². The standard InChI is InChI=1S/C17H24N4O3.ClH/c18-8-7-15(22)20-11-14-6-1-2-9-21(14)17(24)13-5-3-4-12(10-13)16(19)23;/h3-5,10,14H,1-2,6-9,11,18H2,(H2,19,23)(H,20,22);1H. The predicted octanol–water partition coefficient (Wildman–Crippen LogP) is 0.667. The van der Waals surface area contributed by atoms with Gasteiger partial charge in [0.2, 0.25) is 11.8 Å². The number of rotatable bonds is 6. The lowest BCUT2D eigenvalue weighted by molar-refractivity contribution is -0.121. The lowest BCUT2D eigenvalue weighted by atomic mass is 10.00. The number of carbonyl (C=O) groups excluding carboxylic acids is 3. The molecule has 1 atom stereocenters. The quantitative estimate of drug-likeness (QED) is 0.683. The van der Waals surface area contributed by atoms with Crippen LogP contribution in [0.4, 0.5) is 0 Å². The smallest absolute Gasteiger partial charge is 0.254 e. The summed E-state index contributed by atoms with van der Waals surface area (Å²) in [7, 11) is 0. The van der Waals surface area contributed by atoms with Gasteiger partial charge in [-0.25, -0.2) is 0 Å². The summed E-state index contributed by atoms with van der Waals surface area (Å²) < 4.78 is 0. The van der Waals surface area contributed by atoms with E-state index in [4.69, 9.17) is 11.5 Å². The molecule has 1 saturated heterocycles. The second-order valence-electron chi connectivity index (χ2n) is 5.94. The number of piperidine rings is 1. The molecule has 25 heavy (non-hydrogen) atoms. The molecule has 5 N–H and O–H groups in total. The molecule has 1 aliphatic rings. The van der Waals surface area contributed by atoms with Crippen LogP contribution in [0.1, 0.15) is 46.4 Å². The minimum absolute atomic E-state index is 0. The predicted molar refractivity (Wildman–Crippen MR) is 97.6 cm³/mol. The number of nitrogens with two attached hydrogens (primary N) is 2. The number of nitrogens with zero attached hydrogens (tertiary/aromatic N) is 1. The molecule has 138 valence electrons. The molecule has 0 bridgehead atoms. The van der Waals surface area contributed by atoms with Gasteiger partial charge >= 0.3 is 0 Å². The molecular formula is C17H25ClN4O3. The van der Waals surface area contributed by atoms with Crippen LogP contribution in [0.3, 0.4) is 0 Å². The molecule has 0 saturated carbocycles. The largest absolute Gasteiger partial charge is 0.366 e. The highest BCUT2D eigenvalue weighted by molar-refractivity contribution is 5.99. The lowest BCUT2D eigenvalue weighted by Gasteiger charge is -2.36. The lowest BCUT2D eigenvalue weighted by Crippen LogP contribution is -2.49. The van der Waals surface area contributed by atoms with Crippen molar-refractivity contribution in [2.75, 3.05) is 19.6 Å². The van der Waals surface area contributed by atoms with Crippen LogP contribution < -0.4 is 16.8 Å². The Labute approximate surface area is 153 Å². The number of hydrogen-bond acceptors (Lipinski definition) is 4. The van der Waals surface area contributed by atoms with E-state index < -0.39 is 5.91 Å². The van der Waals surface area contributed by atoms with Crippen LogP contribution in [0, 0.1) is 0 Å². The van der Waals surface area contributed by atoms with E-state index in [9.17, 15) is 14.4 Å². The molecule has 3 amide bonds. The summed E-state index contributed by atoms with van der Waals surface area (Å²) in [6.45, 7) is 1.36. The number of benzene rings is 1. The molecule has 1 fully saturated rings. The topological polar surface area (TPSA) is 119 Å². The average Bonchev–Trinajstić information content (AvgIpc) is 2.60. The Morgan fingerprint density at radius 3 is 2.60 bits per heavy atom. The number of likely N-dealkylation sites (tertiary alicyclic amines) is 1. The maximum atomic E-state index is 12.8. The third-order valence-electron chi connectivity index (χ3n) is 4.19. The second-order valence-corrected chi connectivity index (χ2v) is 5.94. The van der Waals surface area contributed by atoms with Gasteiger partial charge in [0, 0.05) is 43.2 Å². The first kappa shape index (κ1) is 20.9. The molecule has 1 aliphatic heterocycles. The SMILES string of the molecule is Cl.NCCC(=O)NCC1CCCCN1C(=O)c1cccc(C(N)=O)c1. The highest BCUT2D eigenvalue weighted by Crippen LogP contribution is 2.20. The minimum Gasteiger partial charge on any atom is -0.366 e. The molecular weight excluding hydrogens is 344 g/mol. The van der Waals surface area contributed by atoms with Crippen molar-refractivity contribution in [3.8, 4) is 0 Å². The van der Waals surface area contributed by atoms with E-state index in [-0.39, 0.29) is 36.7 Å². The summed E-state index contributed by atoms with van der Waals surface area (Å²) in [5, 5.41) is 2.83. The van der Waals surface area contributed by atoms with Crippen LogP contribution in [0.2, 0.25) is 0 Å². The van der Waals surface area contributed by atoms with E-state index in [1.807, 2.05) is 0 Å². The van der Waals surface area contributed by atoms with Crippen molar-refractivity contribution in [2.24, 2.45) is 11.5 Å². The highest BCUT2D eigenvalue weighted by Gasteiger charge is 2.28. The first-order valence-electron chi connectivity index (χ1n) is 8.20. The van der Waals surface area contributed by atoms with E-state index in [1.165, 1.54) is 6.07 Å². The van der Waals surface area contributed by atoms with Gasteiger partial charge in [0.1, 0.15) is 0 Å². The fourth-order valence-corrected chi connectivity index (χ4v) is 2.90. The molecule has 0 aliphatic carbocycles. The average molecular weight is 369 g/mol. The van der Waals surface area contributed by atoms with Gasteiger partial charge < -0.3 is 21.7 Å². The summed E-state index contributed by atoms with van der Waals surface area (Å²) >= 11 is 0. The molecule has 1 aromatic carbocycles. The van der Waals surface area contributed by atoms with Crippen LogP contribution in [0.25, 0.3) is 0 Å². The molecule has 0 spiro atoms. The Bertz CT molecular complexity index is 624. The van der Waals surface area contributed by atoms with Crippen molar-refractivity contribution in [3.05, 3.63) is 35.4 Å². The van der Waals surface area contributed by atoms with Crippen LogP contribution >= 0.6 is 12.4 Å². The van der Waals surface area contributed by atoms with E-state index >= 15 is 0 Å². The summed E-state index contributed by atoms with van der Waals surface area (Å²) in [5.74, 6) is -0.809. The summed E-state index contributed by atoms with van der Waals surface area (Å²) in [4.78, 5) is 37.5. The molecule has 8 heteroatoms. The Morgan fingerprint density at radius 2 is 1.92 bits per heavy atom. The number of hydrogen-bond donors (Lipinski definition) is 3. The molecule has 7 nitrogen and oxygen atoms in total. The summed E-state index contributed by atoms with van der Waals surface area (Å²) in [5.41, 5.74) is 11.4. The van der Waals surface area contributed by atoms with Crippen molar-refractivity contribution < 1.29 is 14.4 Å². The van der Waals surface area contributed by atoms with Crippen molar-refractivity contribution in [1.29, 1.82) is 0 Å². The molecule has 1 aromatic rings. The van der Waals surface area contributed by atoms with Crippen LogP contribution in [0.15, 0.2) is 24.3 Å². The van der Waals surface area contributed by atoms with Gasteiger partial charge in [-0.3, -0.25) is 14.4 Å². The number of primary amides is 1. The highest BCUT2D eigenvalue weighted by atomic mass is 35.5. The van der Waals surface area contributed by atoms with Gasteiger partial charge in [-0.2, -0.15) is 0 Å². The third kappa shape index (κ3) is 5.72. The molecule has 0 radical (unpaired) electrons. The summed E-state index contributed by atoms with van der Waals surface area (Å²) in [6, 6.07) is 6.37. The van der Waals surface area contributed by atoms with Crippen molar-refractivity contribution in [3.63, 3.8) is 0 Å². The molecule has 0 aromatic heterocycles. The Morgan fingerprint density at radius 1 is 1.20 bits per heavy atom. The van der Waals surface area contributed by atoms with Gasteiger partial charge in [-0.05, 0) is 37.5 Å². The van der Waals surface area contributed by atoms with E-state index in [2.05, 4.69) is 5.32 Å². The first-order chi connectivity index (χ1) is 11.5. The maximum Gasteiger partial charge on any atom is 0.254 e. The van der Waals surface area contributed by atoms with Crippen LogP contribution in [-0.4, -0.2) is 48.3 Å². The van der Waals surface area contributed by atoms with E-state index in [0.717, 1.165) is 19.3 Å². The van der Waals surface area contributed by atoms with Crippen molar-refractivity contribution in [1.82, 2.24) is 10.2 Å². The summed E-state index contributed by atoms with van der Waals surface area (Å²) in [6.07, 6.45) is 3.06. The molecule has 2 rings (SSSR count). The maximum absolute atomic E-state index is 12.8. The Balaban J connectivity index is 0.00000312. The number of nitrogens with one attached hydrogen (secondary N) is 1. The second kappa shape index (κ2) is 10.0. The van der Waals surface area contributed by atoms with Crippen LogP contribution in [0.5, 0.6) is 0 Å². The zero-order valence-electron chi connectivity index (χ0n) is 14.1. The number of carbonyl (C=O) groups is 3. The third-order valence-corrected chi connectivity index (χ3v) is 4.19. The van der Waals surface area contributed by atoms with E-state index in [0.29, 0.717) is 30.8 Å². The normalized spacial score (nSPS) is 16.7. The first-order valence-corrected chi connectivity index (χ1v) is 8.20. The van der Waals surface area contributed by atoms with Crippen molar-refractivity contribution in [2.45, 2.75) is 31.7 Å². The molecule has 1 unspecified atom stereocenters. The minimum atomic E-state index is -0.561. The van der Waals surface area contributed by atoms with Gasteiger partial charge in [0.15, 0.2) is 0 Å². The zero-order valence-corrected chi connectivity index (χ0v) is 14.9. The van der Waals surface area contributed by atoms with Gasteiger partial charge in [-0.1, -0.05) is 6.07 Å². The fraction of sp³-hybridized carbons (Fsp3) is 0.471. The molecule has 1 heterocycles. The van der Waals surface area contributed by atoms with Gasteiger partial charge in [-0.15, -0.1) is 12.4 Å².